The van der Waals surface area contributed by atoms with Gasteiger partial charge in [-0.1, -0.05) is 28.9 Å². The molecule has 1 aromatic carbocycles. The molecule has 23 heavy (non-hydrogen) atoms. The molecule has 0 atom stereocenters. The highest BCUT2D eigenvalue weighted by atomic mass is 127. The Kier molecular flexibility index (Phi) is 13.1. The van der Waals surface area contributed by atoms with Crippen LogP contribution in [0.2, 0.25) is 0 Å². The summed E-state index contributed by atoms with van der Waals surface area (Å²) in [6.45, 7) is 7.20. The van der Waals surface area contributed by atoms with E-state index < -0.39 is 0 Å². The number of nitrogens with zero attached hydrogens (tertiary/aromatic N) is 1. The molecule has 0 unspecified atom stereocenters. The Bertz CT molecular complexity index is 497. The molecule has 1 amide bonds. The Morgan fingerprint density at radius 2 is 1.91 bits per heavy atom. The first-order chi connectivity index (χ1) is 10.7. The van der Waals surface area contributed by atoms with Gasteiger partial charge in [0.15, 0.2) is 5.96 Å². The Morgan fingerprint density at radius 1 is 1.17 bits per heavy atom. The van der Waals surface area contributed by atoms with E-state index in [2.05, 4.69) is 43.8 Å². The van der Waals surface area contributed by atoms with Crippen LogP contribution < -0.4 is 16.0 Å². The largest absolute Gasteiger partial charge is 0.357 e. The van der Waals surface area contributed by atoms with Crippen LogP contribution in [-0.2, 0) is 0 Å². The molecule has 0 aliphatic rings. The highest BCUT2D eigenvalue weighted by Gasteiger charge is 2.04. The second-order valence-corrected chi connectivity index (χ2v) is 5.72. The molecule has 1 rings (SSSR count). The molecule has 5 nitrogen and oxygen atoms in total. The first-order valence-electron chi connectivity index (χ1n) is 7.73. The fourth-order valence-electron chi connectivity index (χ4n) is 1.79. The molecule has 0 saturated heterocycles. The van der Waals surface area contributed by atoms with E-state index in [9.17, 15) is 4.79 Å². The molecule has 0 spiro atoms. The number of halogens is 2. The van der Waals surface area contributed by atoms with Gasteiger partial charge in [-0.25, -0.2) is 0 Å². The van der Waals surface area contributed by atoms with Crippen LogP contribution in [0.3, 0.4) is 0 Å². The fourth-order valence-corrected chi connectivity index (χ4v) is 2.19. The third kappa shape index (κ3) is 9.80. The van der Waals surface area contributed by atoms with Crippen molar-refractivity contribution in [3.8, 4) is 0 Å². The number of nitrogens with one attached hydrogen (secondary N) is 3. The van der Waals surface area contributed by atoms with Crippen molar-refractivity contribution in [3.63, 3.8) is 0 Å². The van der Waals surface area contributed by atoms with Crippen LogP contribution in [0.4, 0.5) is 0 Å². The molecule has 0 aliphatic heterocycles. The lowest BCUT2D eigenvalue weighted by Gasteiger charge is -2.11. The standard InChI is InChI=1S/C16H25BrN4O.HI/c1-3-9-20-16(18-4-2)21-11-6-10-19-15(22)13-7-5-8-14(17)12-13;/h5,7-8,12H,3-4,6,9-11H2,1-2H3,(H,19,22)(H2,18,20,21);1H. The summed E-state index contributed by atoms with van der Waals surface area (Å²) in [5, 5.41) is 9.37. The molecule has 3 N–H and O–H groups in total. The first kappa shape index (κ1) is 22.2. The molecule has 0 fully saturated rings. The predicted octanol–water partition coefficient (Wildman–Crippen LogP) is 3.15. The van der Waals surface area contributed by atoms with Gasteiger partial charge in [-0.05, 0) is 38.0 Å². The van der Waals surface area contributed by atoms with Crippen molar-refractivity contribution in [2.75, 3.05) is 26.2 Å². The second kappa shape index (κ2) is 13.6. The van der Waals surface area contributed by atoms with Crippen molar-refractivity contribution in [3.05, 3.63) is 34.3 Å². The fraction of sp³-hybridized carbons (Fsp3) is 0.500. The molecule has 0 bridgehead atoms. The third-order valence-electron chi connectivity index (χ3n) is 2.86. The van der Waals surface area contributed by atoms with E-state index in [0.717, 1.165) is 42.9 Å². The van der Waals surface area contributed by atoms with Crippen molar-refractivity contribution in [2.24, 2.45) is 4.99 Å². The molecule has 0 saturated carbocycles. The summed E-state index contributed by atoms with van der Waals surface area (Å²) in [5.74, 6) is 0.788. The molecule has 1 aromatic rings. The quantitative estimate of drug-likeness (QED) is 0.224. The number of aliphatic imine (C=N–C) groups is 1. The zero-order valence-corrected chi connectivity index (χ0v) is 17.6. The van der Waals surface area contributed by atoms with Crippen molar-refractivity contribution in [2.45, 2.75) is 26.7 Å². The number of guanidine groups is 1. The lowest BCUT2D eigenvalue weighted by molar-refractivity contribution is 0.0953. The van der Waals surface area contributed by atoms with Crippen LogP contribution in [0, 0.1) is 0 Å². The minimum atomic E-state index is -0.0483. The minimum absolute atomic E-state index is 0. The Balaban J connectivity index is 0.00000484. The summed E-state index contributed by atoms with van der Waals surface area (Å²) < 4.78 is 0.907. The number of hydrogen-bond acceptors (Lipinski definition) is 2. The zero-order chi connectivity index (χ0) is 16.2. The highest BCUT2D eigenvalue weighted by Crippen LogP contribution is 2.11. The average molecular weight is 497 g/mol. The van der Waals surface area contributed by atoms with Gasteiger partial charge < -0.3 is 16.0 Å². The van der Waals surface area contributed by atoms with E-state index in [1.54, 1.807) is 6.07 Å². The number of benzene rings is 1. The van der Waals surface area contributed by atoms with Crippen LogP contribution in [0.25, 0.3) is 0 Å². The van der Waals surface area contributed by atoms with Crippen LogP contribution in [0.1, 0.15) is 37.0 Å². The lowest BCUT2D eigenvalue weighted by Crippen LogP contribution is -2.38. The Labute approximate surface area is 164 Å². The van der Waals surface area contributed by atoms with Crippen LogP contribution in [0.5, 0.6) is 0 Å². The van der Waals surface area contributed by atoms with E-state index in [1.165, 1.54) is 0 Å². The van der Waals surface area contributed by atoms with Crippen molar-refractivity contribution >= 4 is 51.8 Å². The second-order valence-electron chi connectivity index (χ2n) is 4.81. The molecule has 0 aliphatic carbocycles. The van der Waals surface area contributed by atoms with Gasteiger partial charge in [0.05, 0.1) is 0 Å². The van der Waals surface area contributed by atoms with E-state index >= 15 is 0 Å². The maximum absolute atomic E-state index is 11.9. The third-order valence-corrected chi connectivity index (χ3v) is 3.35. The van der Waals surface area contributed by atoms with E-state index in [0.29, 0.717) is 12.1 Å². The van der Waals surface area contributed by atoms with Crippen LogP contribution in [-0.4, -0.2) is 38.0 Å². The van der Waals surface area contributed by atoms with Gasteiger partial charge >= 0.3 is 0 Å². The van der Waals surface area contributed by atoms with Gasteiger partial charge in [0.1, 0.15) is 0 Å². The summed E-state index contributed by atoms with van der Waals surface area (Å²) in [4.78, 5) is 16.4. The zero-order valence-electron chi connectivity index (χ0n) is 13.7. The molecule has 0 heterocycles. The van der Waals surface area contributed by atoms with Gasteiger partial charge in [0, 0.05) is 36.2 Å². The summed E-state index contributed by atoms with van der Waals surface area (Å²) in [6.07, 6.45) is 1.87. The molecule has 7 heteroatoms. The summed E-state index contributed by atoms with van der Waals surface area (Å²) in [6, 6.07) is 7.37. The number of rotatable bonds is 8. The molecular formula is C16H26BrIN4O. The molecule has 0 aromatic heterocycles. The smallest absolute Gasteiger partial charge is 0.251 e. The Hall–Kier alpha value is -0.830. The van der Waals surface area contributed by atoms with Crippen LogP contribution in [0.15, 0.2) is 33.7 Å². The number of amides is 1. The van der Waals surface area contributed by atoms with E-state index in [-0.39, 0.29) is 29.9 Å². The monoisotopic (exact) mass is 496 g/mol. The lowest BCUT2D eigenvalue weighted by atomic mass is 10.2. The SMILES string of the molecule is CCCN=C(NCC)NCCCNC(=O)c1cccc(Br)c1.I. The van der Waals surface area contributed by atoms with Gasteiger partial charge in [0.2, 0.25) is 0 Å². The predicted molar refractivity (Wildman–Crippen MR) is 111 cm³/mol. The normalized spacial score (nSPS) is 10.7. The highest BCUT2D eigenvalue weighted by molar-refractivity contribution is 14.0. The number of carbonyl (C=O) groups is 1. The Morgan fingerprint density at radius 3 is 2.57 bits per heavy atom. The maximum atomic E-state index is 11.9. The number of carbonyl (C=O) groups excluding carboxylic acids is 1. The molecule has 0 radical (unpaired) electrons. The first-order valence-corrected chi connectivity index (χ1v) is 8.52. The average Bonchev–Trinajstić information content (AvgIpc) is 2.52. The molecular weight excluding hydrogens is 471 g/mol. The van der Waals surface area contributed by atoms with Gasteiger partial charge in [0.25, 0.3) is 5.91 Å². The summed E-state index contributed by atoms with van der Waals surface area (Å²) in [7, 11) is 0. The summed E-state index contributed by atoms with van der Waals surface area (Å²) in [5.41, 5.74) is 0.667. The minimum Gasteiger partial charge on any atom is -0.357 e. The topological polar surface area (TPSA) is 65.5 Å². The number of hydrogen-bond donors (Lipinski definition) is 3. The maximum Gasteiger partial charge on any atom is 0.251 e. The van der Waals surface area contributed by atoms with Gasteiger partial charge in [-0.2, -0.15) is 0 Å². The van der Waals surface area contributed by atoms with E-state index in [4.69, 9.17) is 0 Å². The molecule has 130 valence electrons. The van der Waals surface area contributed by atoms with Gasteiger partial charge in [-0.3, -0.25) is 9.79 Å². The van der Waals surface area contributed by atoms with Crippen molar-refractivity contribution in [1.82, 2.24) is 16.0 Å². The van der Waals surface area contributed by atoms with Crippen LogP contribution >= 0.6 is 39.9 Å². The van der Waals surface area contributed by atoms with Crippen molar-refractivity contribution < 1.29 is 4.79 Å². The van der Waals surface area contributed by atoms with E-state index in [1.807, 2.05) is 25.1 Å². The van der Waals surface area contributed by atoms with Gasteiger partial charge in [-0.15, -0.1) is 24.0 Å². The summed E-state index contributed by atoms with van der Waals surface area (Å²) >= 11 is 3.36. The van der Waals surface area contributed by atoms with Crippen molar-refractivity contribution in [1.29, 1.82) is 0 Å².